The highest BCUT2D eigenvalue weighted by atomic mass is 79.9. The van der Waals surface area contributed by atoms with E-state index < -0.39 is 0 Å². The molecule has 1 heterocycles. The van der Waals surface area contributed by atoms with E-state index in [9.17, 15) is 9.59 Å². The first-order valence-corrected chi connectivity index (χ1v) is 9.63. The SMILES string of the molecule is COc1cc(Br)c(NC(=O)N2CCNC(=O)CC2c2ccccc2)cc1OC. The van der Waals surface area contributed by atoms with Crippen molar-refractivity contribution in [1.29, 1.82) is 0 Å². The molecule has 2 N–H and O–H groups in total. The number of ether oxygens (including phenoxy) is 2. The van der Waals surface area contributed by atoms with Gasteiger partial charge in [0.25, 0.3) is 0 Å². The Hall–Kier alpha value is -2.74. The van der Waals surface area contributed by atoms with Gasteiger partial charge in [0.1, 0.15) is 0 Å². The lowest BCUT2D eigenvalue weighted by Gasteiger charge is -2.30. The van der Waals surface area contributed by atoms with Crippen LogP contribution in [-0.4, -0.2) is 44.1 Å². The fourth-order valence-electron chi connectivity index (χ4n) is 3.18. The summed E-state index contributed by atoms with van der Waals surface area (Å²) in [7, 11) is 3.09. The van der Waals surface area contributed by atoms with E-state index in [1.807, 2.05) is 30.3 Å². The number of amides is 3. The number of carbonyl (C=O) groups is 2. The third kappa shape index (κ3) is 4.39. The van der Waals surface area contributed by atoms with Gasteiger partial charge in [0.05, 0.1) is 32.4 Å². The molecule has 8 heteroatoms. The lowest BCUT2D eigenvalue weighted by molar-refractivity contribution is -0.121. The average molecular weight is 448 g/mol. The molecule has 3 amide bonds. The first-order valence-electron chi connectivity index (χ1n) is 8.84. The van der Waals surface area contributed by atoms with Gasteiger partial charge in [-0.15, -0.1) is 0 Å². The Morgan fingerprint density at radius 1 is 1.18 bits per heavy atom. The van der Waals surface area contributed by atoms with Gasteiger partial charge in [0, 0.05) is 29.7 Å². The fourth-order valence-corrected chi connectivity index (χ4v) is 3.60. The minimum atomic E-state index is -0.345. The number of hydrogen-bond donors (Lipinski definition) is 2. The molecule has 1 atom stereocenters. The molecule has 1 aliphatic heterocycles. The molecule has 148 valence electrons. The van der Waals surface area contributed by atoms with E-state index in [2.05, 4.69) is 26.6 Å². The molecule has 1 unspecified atom stereocenters. The Morgan fingerprint density at radius 2 is 1.86 bits per heavy atom. The Bertz CT molecular complexity index is 860. The van der Waals surface area contributed by atoms with Crippen molar-refractivity contribution in [3.05, 3.63) is 52.5 Å². The van der Waals surface area contributed by atoms with Gasteiger partial charge in [-0.25, -0.2) is 4.79 Å². The lowest BCUT2D eigenvalue weighted by atomic mass is 10.0. The monoisotopic (exact) mass is 447 g/mol. The maximum absolute atomic E-state index is 13.1. The molecule has 0 spiro atoms. The van der Waals surface area contributed by atoms with Crippen molar-refractivity contribution in [1.82, 2.24) is 10.2 Å². The predicted octanol–water partition coefficient (Wildman–Crippen LogP) is 3.56. The van der Waals surface area contributed by atoms with Gasteiger partial charge in [0.15, 0.2) is 11.5 Å². The molecule has 28 heavy (non-hydrogen) atoms. The second-order valence-electron chi connectivity index (χ2n) is 6.29. The van der Waals surface area contributed by atoms with Crippen LogP contribution in [0.3, 0.4) is 0 Å². The summed E-state index contributed by atoms with van der Waals surface area (Å²) in [4.78, 5) is 26.9. The third-order valence-corrected chi connectivity index (χ3v) is 5.25. The molecule has 3 rings (SSSR count). The minimum Gasteiger partial charge on any atom is -0.493 e. The molecule has 2 aromatic rings. The van der Waals surface area contributed by atoms with Crippen LogP contribution in [0.5, 0.6) is 11.5 Å². The van der Waals surface area contributed by atoms with E-state index in [-0.39, 0.29) is 24.4 Å². The van der Waals surface area contributed by atoms with Crippen molar-refractivity contribution in [2.75, 3.05) is 32.6 Å². The molecule has 7 nitrogen and oxygen atoms in total. The summed E-state index contributed by atoms with van der Waals surface area (Å²) in [6.45, 7) is 0.810. The van der Waals surface area contributed by atoms with Crippen molar-refractivity contribution in [2.24, 2.45) is 0 Å². The van der Waals surface area contributed by atoms with E-state index in [0.29, 0.717) is 34.7 Å². The van der Waals surface area contributed by atoms with Crippen LogP contribution < -0.4 is 20.1 Å². The number of rotatable bonds is 4. The summed E-state index contributed by atoms with van der Waals surface area (Å²) in [5, 5.41) is 5.75. The summed E-state index contributed by atoms with van der Waals surface area (Å²) < 4.78 is 11.3. The third-order valence-electron chi connectivity index (χ3n) is 4.59. The minimum absolute atomic E-state index is 0.0727. The number of carbonyl (C=O) groups excluding carboxylic acids is 2. The first-order chi connectivity index (χ1) is 13.5. The molecular weight excluding hydrogens is 426 g/mol. The second kappa shape index (κ2) is 8.97. The summed E-state index contributed by atoms with van der Waals surface area (Å²) in [6.07, 6.45) is 0.213. The normalized spacial score (nSPS) is 16.8. The molecule has 0 bridgehead atoms. The van der Waals surface area contributed by atoms with Crippen LogP contribution in [0.15, 0.2) is 46.9 Å². The molecular formula is C20H22BrN3O4. The van der Waals surface area contributed by atoms with E-state index in [4.69, 9.17) is 9.47 Å². The quantitative estimate of drug-likeness (QED) is 0.750. The highest BCUT2D eigenvalue weighted by molar-refractivity contribution is 9.10. The van der Waals surface area contributed by atoms with E-state index in [1.54, 1.807) is 24.1 Å². The average Bonchev–Trinajstić information content (AvgIpc) is 2.91. The Balaban J connectivity index is 1.88. The number of benzene rings is 2. The van der Waals surface area contributed by atoms with Crippen LogP contribution >= 0.6 is 15.9 Å². The zero-order chi connectivity index (χ0) is 20.1. The Kier molecular flexibility index (Phi) is 6.41. The number of methoxy groups -OCH3 is 2. The largest absolute Gasteiger partial charge is 0.493 e. The molecule has 1 aliphatic rings. The highest BCUT2D eigenvalue weighted by Crippen LogP contribution is 2.37. The zero-order valence-corrected chi connectivity index (χ0v) is 17.3. The van der Waals surface area contributed by atoms with E-state index >= 15 is 0 Å². The Labute approximate surface area is 172 Å². The Morgan fingerprint density at radius 3 is 2.54 bits per heavy atom. The standard InChI is InChI=1S/C20H22BrN3O4/c1-27-17-10-14(21)15(11-18(17)28-2)23-20(26)24-9-8-22-19(25)12-16(24)13-6-4-3-5-7-13/h3-7,10-11,16H,8-9,12H2,1-2H3,(H,22,25)(H,23,26). The van der Waals surface area contributed by atoms with Crippen molar-refractivity contribution in [3.8, 4) is 11.5 Å². The van der Waals surface area contributed by atoms with Gasteiger partial charge >= 0.3 is 6.03 Å². The number of halogens is 1. The maximum Gasteiger partial charge on any atom is 0.322 e. The zero-order valence-electron chi connectivity index (χ0n) is 15.7. The molecule has 1 saturated heterocycles. The number of nitrogens with one attached hydrogen (secondary N) is 2. The van der Waals surface area contributed by atoms with E-state index in [0.717, 1.165) is 5.56 Å². The second-order valence-corrected chi connectivity index (χ2v) is 7.15. The van der Waals surface area contributed by atoms with Crippen LogP contribution in [0.4, 0.5) is 10.5 Å². The van der Waals surface area contributed by atoms with E-state index in [1.165, 1.54) is 7.11 Å². The topological polar surface area (TPSA) is 79.9 Å². The van der Waals surface area contributed by atoms with Crippen LogP contribution in [0.25, 0.3) is 0 Å². The summed E-state index contributed by atoms with van der Waals surface area (Å²) in [6, 6.07) is 12.4. The lowest BCUT2D eigenvalue weighted by Crippen LogP contribution is -2.39. The van der Waals surface area contributed by atoms with Crippen LogP contribution in [0.2, 0.25) is 0 Å². The van der Waals surface area contributed by atoms with Crippen LogP contribution in [-0.2, 0) is 4.79 Å². The van der Waals surface area contributed by atoms with Crippen LogP contribution in [0.1, 0.15) is 18.0 Å². The van der Waals surface area contributed by atoms with Gasteiger partial charge in [0.2, 0.25) is 5.91 Å². The molecule has 0 saturated carbocycles. The van der Waals surface area contributed by atoms with Crippen LogP contribution in [0, 0.1) is 0 Å². The molecule has 2 aromatic carbocycles. The number of anilines is 1. The number of hydrogen-bond acceptors (Lipinski definition) is 4. The van der Waals surface area contributed by atoms with Crippen molar-refractivity contribution in [3.63, 3.8) is 0 Å². The summed E-state index contributed by atoms with van der Waals surface area (Å²) in [5.74, 6) is 0.990. The summed E-state index contributed by atoms with van der Waals surface area (Å²) >= 11 is 3.45. The smallest absolute Gasteiger partial charge is 0.322 e. The van der Waals surface area contributed by atoms with Crippen molar-refractivity contribution >= 4 is 33.6 Å². The highest BCUT2D eigenvalue weighted by Gasteiger charge is 2.30. The van der Waals surface area contributed by atoms with Gasteiger partial charge in [-0.3, -0.25) is 4.79 Å². The summed E-state index contributed by atoms with van der Waals surface area (Å²) in [5.41, 5.74) is 1.47. The van der Waals surface area contributed by atoms with Gasteiger partial charge in [-0.2, -0.15) is 0 Å². The molecule has 0 aliphatic carbocycles. The molecule has 0 aromatic heterocycles. The predicted molar refractivity (Wildman–Crippen MR) is 110 cm³/mol. The van der Waals surface area contributed by atoms with Gasteiger partial charge in [-0.05, 0) is 21.5 Å². The fraction of sp³-hybridized carbons (Fsp3) is 0.300. The number of nitrogens with zero attached hydrogens (tertiary/aromatic N) is 1. The van der Waals surface area contributed by atoms with Crippen molar-refractivity contribution in [2.45, 2.75) is 12.5 Å². The van der Waals surface area contributed by atoms with Gasteiger partial charge in [-0.1, -0.05) is 30.3 Å². The van der Waals surface area contributed by atoms with Gasteiger partial charge < -0.3 is 25.0 Å². The molecule has 1 fully saturated rings. The first kappa shape index (κ1) is 20.0. The maximum atomic E-state index is 13.1. The number of urea groups is 1. The van der Waals surface area contributed by atoms with Crippen molar-refractivity contribution < 1.29 is 19.1 Å². The molecule has 0 radical (unpaired) electrons.